The lowest BCUT2D eigenvalue weighted by Crippen LogP contribution is -2.12. The zero-order chi connectivity index (χ0) is 17.6. The average molecular weight is 351 g/mol. The van der Waals surface area contributed by atoms with Gasteiger partial charge >= 0.3 is 0 Å². The van der Waals surface area contributed by atoms with E-state index >= 15 is 0 Å². The molecular formula is C19H14FN3OS. The highest BCUT2D eigenvalue weighted by Crippen LogP contribution is 2.24. The highest BCUT2D eigenvalue weighted by atomic mass is 32.1. The number of hydrogen-bond donors (Lipinski definition) is 1. The molecule has 1 aromatic heterocycles. The fourth-order valence-corrected chi connectivity index (χ4v) is 3.10. The predicted octanol–water partition coefficient (Wildman–Crippen LogP) is 4.39. The van der Waals surface area contributed by atoms with Crippen molar-refractivity contribution in [3.8, 4) is 16.6 Å². The summed E-state index contributed by atoms with van der Waals surface area (Å²) in [5.74, 6) is -0.388. The van der Waals surface area contributed by atoms with Gasteiger partial charge in [0.2, 0.25) is 5.91 Å². The first-order valence-corrected chi connectivity index (χ1v) is 8.52. The highest BCUT2D eigenvalue weighted by molar-refractivity contribution is 7.13. The molecule has 0 bridgehead atoms. The monoisotopic (exact) mass is 351 g/mol. The molecule has 6 heteroatoms. The van der Waals surface area contributed by atoms with Gasteiger partial charge in [-0.05, 0) is 55.0 Å². The van der Waals surface area contributed by atoms with Crippen molar-refractivity contribution in [1.29, 1.82) is 5.26 Å². The summed E-state index contributed by atoms with van der Waals surface area (Å²) in [6.45, 7) is 0. The Balaban J connectivity index is 1.55. The fourth-order valence-electron chi connectivity index (χ4n) is 2.24. The van der Waals surface area contributed by atoms with Crippen molar-refractivity contribution in [2.24, 2.45) is 0 Å². The Morgan fingerprint density at radius 2 is 1.88 bits per heavy atom. The van der Waals surface area contributed by atoms with Crippen LogP contribution in [-0.4, -0.2) is 10.9 Å². The largest absolute Gasteiger partial charge is 0.326 e. The minimum absolute atomic E-state index is 0.110. The van der Waals surface area contributed by atoms with Crippen molar-refractivity contribution < 1.29 is 9.18 Å². The lowest BCUT2D eigenvalue weighted by Gasteiger charge is -2.04. The van der Waals surface area contributed by atoms with Crippen molar-refractivity contribution >= 4 is 22.9 Å². The minimum Gasteiger partial charge on any atom is -0.326 e. The molecule has 0 aliphatic carbocycles. The van der Waals surface area contributed by atoms with Crippen LogP contribution in [0.4, 0.5) is 10.1 Å². The summed E-state index contributed by atoms with van der Waals surface area (Å²) in [5.41, 5.74) is 2.90. The Morgan fingerprint density at radius 3 is 2.56 bits per heavy atom. The maximum Gasteiger partial charge on any atom is 0.224 e. The molecule has 0 radical (unpaired) electrons. The Bertz CT molecular complexity index is 911. The lowest BCUT2D eigenvalue weighted by molar-refractivity contribution is -0.116. The van der Waals surface area contributed by atoms with Crippen LogP contribution in [0.5, 0.6) is 0 Å². The van der Waals surface area contributed by atoms with E-state index in [1.54, 1.807) is 36.4 Å². The van der Waals surface area contributed by atoms with Crippen molar-refractivity contribution in [1.82, 2.24) is 4.98 Å². The van der Waals surface area contributed by atoms with Crippen molar-refractivity contribution in [3.63, 3.8) is 0 Å². The molecule has 0 fully saturated rings. The van der Waals surface area contributed by atoms with E-state index in [1.165, 1.54) is 23.5 Å². The van der Waals surface area contributed by atoms with Crippen LogP contribution in [-0.2, 0) is 11.2 Å². The summed E-state index contributed by atoms with van der Waals surface area (Å²) in [6, 6.07) is 14.9. The average Bonchev–Trinajstić information content (AvgIpc) is 3.10. The van der Waals surface area contributed by atoms with E-state index in [1.807, 2.05) is 11.4 Å². The summed E-state index contributed by atoms with van der Waals surface area (Å²) < 4.78 is 13.0. The van der Waals surface area contributed by atoms with E-state index < -0.39 is 0 Å². The zero-order valence-electron chi connectivity index (χ0n) is 13.2. The number of carbonyl (C=O) groups is 1. The molecule has 0 atom stereocenters. The second-order valence-corrected chi connectivity index (χ2v) is 6.25. The number of benzene rings is 2. The zero-order valence-corrected chi connectivity index (χ0v) is 14.0. The molecule has 0 saturated heterocycles. The van der Waals surface area contributed by atoms with E-state index in [0.717, 1.165) is 16.3 Å². The summed E-state index contributed by atoms with van der Waals surface area (Å²) in [7, 11) is 0. The third kappa shape index (κ3) is 4.49. The molecule has 0 aliphatic heterocycles. The highest BCUT2D eigenvalue weighted by Gasteiger charge is 2.08. The number of nitriles is 1. The van der Waals surface area contributed by atoms with E-state index in [-0.39, 0.29) is 11.7 Å². The number of hydrogen-bond acceptors (Lipinski definition) is 4. The smallest absolute Gasteiger partial charge is 0.224 e. The number of anilines is 1. The third-order valence-electron chi connectivity index (χ3n) is 3.55. The normalized spacial score (nSPS) is 10.2. The molecule has 1 N–H and O–H groups in total. The summed E-state index contributed by atoms with van der Waals surface area (Å²) in [4.78, 5) is 16.5. The van der Waals surface area contributed by atoms with Gasteiger partial charge in [0, 0.05) is 23.1 Å². The summed E-state index contributed by atoms with van der Waals surface area (Å²) in [6.07, 6.45) is 0.840. The number of amides is 1. The summed E-state index contributed by atoms with van der Waals surface area (Å²) in [5, 5.41) is 14.3. The molecule has 3 rings (SSSR count). The molecule has 2 aromatic carbocycles. The number of halogens is 1. The standard InChI is InChI=1S/C19H14FN3OS/c20-15-5-3-14(4-6-15)19-23-17(12-25-19)9-10-18(24)22-16-7-1-13(11-21)2-8-16/h1-8,12H,9-10H2,(H,22,24). The van der Waals surface area contributed by atoms with E-state index in [4.69, 9.17) is 5.26 Å². The molecule has 124 valence electrons. The Labute approximate surface area is 148 Å². The van der Waals surface area contributed by atoms with Gasteiger partial charge in [-0.25, -0.2) is 9.37 Å². The predicted molar refractivity (Wildman–Crippen MR) is 95.6 cm³/mol. The van der Waals surface area contributed by atoms with Gasteiger partial charge in [0.1, 0.15) is 10.8 Å². The van der Waals surface area contributed by atoms with Crippen LogP contribution in [0.3, 0.4) is 0 Å². The quantitative estimate of drug-likeness (QED) is 0.741. The van der Waals surface area contributed by atoms with Gasteiger partial charge in [-0.3, -0.25) is 4.79 Å². The Morgan fingerprint density at radius 1 is 1.16 bits per heavy atom. The Hall–Kier alpha value is -3.04. The van der Waals surface area contributed by atoms with Crippen LogP contribution < -0.4 is 5.32 Å². The number of aromatic nitrogens is 1. The number of nitrogens with one attached hydrogen (secondary N) is 1. The molecule has 3 aromatic rings. The Kier molecular flexibility index (Phi) is 5.17. The number of aryl methyl sites for hydroxylation is 1. The van der Waals surface area contributed by atoms with Gasteiger partial charge in [-0.2, -0.15) is 5.26 Å². The number of nitrogens with zero attached hydrogens (tertiary/aromatic N) is 2. The molecule has 4 nitrogen and oxygen atoms in total. The molecule has 0 spiro atoms. The van der Waals surface area contributed by atoms with Crippen molar-refractivity contribution in [2.75, 3.05) is 5.32 Å². The van der Waals surface area contributed by atoms with Crippen LogP contribution >= 0.6 is 11.3 Å². The maximum absolute atomic E-state index is 13.0. The summed E-state index contributed by atoms with van der Waals surface area (Å²) >= 11 is 1.47. The SMILES string of the molecule is N#Cc1ccc(NC(=O)CCc2csc(-c3ccc(F)cc3)n2)cc1. The topological polar surface area (TPSA) is 65.8 Å². The lowest BCUT2D eigenvalue weighted by atomic mass is 10.2. The molecule has 0 unspecified atom stereocenters. The van der Waals surface area contributed by atoms with Crippen LogP contribution in [0.2, 0.25) is 0 Å². The van der Waals surface area contributed by atoms with E-state index in [2.05, 4.69) is 10.3 Å². The molecule has 0 aliphatic rings. The van der Waals surface area contributed by atoms with Crippen molar-refractivity contribution in [2.45, 2.75) is 12.8 Å². The minimum atomic E-state index is -0.278. The van der Waals surface area contributed by atoms with Gasteiger partial charge in [-0.15, -0.1) is 11.3 Å². The van der Waals surface area contributed by atoms with Gasteiger partial charge < -0.3 is 5.32 Å². The van der Waals surface area contributed by atoms with Crippen LogP contribution in [0, 0.1) is 17.1 Å². The van der Waals surface area contributed by atoms with Gasteiger partial charge in [0.25, 0.3) is 0 Å². The third-order valence-corrected chi connectivity index (χ3v) is 4.49. The first-order chi connectivity index (χ1) is 12.1. The van der Waals surface area contributed by atoms with Gasteiger partial charge in [0.05, 0.1) is 17.3 Å². The van der Waals surface area contributed by atoms with Crippen LogP contribution in [0.1, 0.15) is 17.7 Å². The molecule has 25 heavy (non-hydrogen) atoms. The van der Waals surface area contributed by atoms with Gasteiger partial charge in [-0.1, -0.05) is 0 Å². The van der Waals surface area contributed by atoms with E-state index in [0.29, 0.717) is 24.1 Å². The molecule has 1 heterocycles. The first kappa shape index (κ1) is 16.8. The van der Waals surface area contributed by atoms with Crippen molar-refractivity contribution in [3.05, 3.63) is 71.0 Å². The number of rotatable bonds is 5. The first-order valence-electron chi connectivity index (χ1n) is 7.64. The molecular weight excluding hydrogens is 337 g/mol. The second-order valence-electron chi connectivity index (χ2n) is 5.39. The van der Waals surface area contributed by atoms with Crippen LogP contribution in [0.25, 0.3) is 10.6 Å². The fraction of sp³-hybridized carbons (Fsp3) is 0.105. The van der Waals surface area contributed by atoms with Gasteiger partial charge in [0.15, 0.2) is 0 Å². The second kappa shape index (κ2) is 7.69. The molecule has 0 saturated carbocycles. The van der Waals surface area contributed by atoms with Crippen LogP contribution in [0.15, 0.2) is 53.9 Å². The van der Waals surface area contributed by atoms with E-state index in [9.17, 15) is 9.18 Å². The molecule has 1 amide bonds. The number of carbonyl (C=O) groups excluding carboxylic acids is 1. The maximum atomic E-state index is 13.0. The number of thiazole rings is 1.